The number of fused-ring (bicyclic) bond motifs is 1. The number of nitrogens with one attached hydrogen (secondary N) is 2. The largest absolute Gasteiger partial charge is 0.494 e. The van der Waals surface area contributed by atoms with Crippen molar-refractivity contribution in [3.8, 4) is 11.5 Å². The smallest absolute Gasteiger partial charge is 0.252 e. The quantitative estimate of drug-likeness (QED) is 0.546. The zero-order valence-corrected chi connectivity index (χ0v) is 18.8. The summed E-state index contributed by atoms with van der Waals surface area (Å²) in [5.41, 5.74) is 3.14. The Hall–Kier alpha value is -3.80. The molecular formula is C27H28N2O4. The van der Waals surface area contributed by atoms with Gasteiger partial charge in [0.05, 0.1) is 6.61 Å². The fraction of sp³-hybridized carbons (Fsp3) is 0.259. The van der Waals surface area contributed by atoms with Gasteiger partial charge in [0.25, 0.3) is 5.91 Å². The topological polar surface area (TPSA) is 76.7 Å². The van der Waals surface area contributed by atoms with E-state index < -0.39 is 6.04 Å². The number of carbonyl (C=O) groups excluding carboxylic acids is 2. The molecule has 0 fully saturated rings. The number of carbonyl (C=O) groups is 2. The Morgan fingerprint density at radius 2 is 1.76 bits per heavy atom. The maximum Gasteiger partial charge on any atom is 0.252 e. The van der Waals surface area contributed by atoms with Gasteiger partial charge in [-0.25, -0.2) is 0 Å². The Labute approximate surface area is 193 Å². The standard InChI is InChI=1S/C27H28N2O4/c1-3-32-23-15-21-14-18(2)33-24(21)16-22(23)17-28-27(31)25(19-10-6-4-7-11-19)29-26(30)20-12-8-5-9-13-20/h4-13,15-16,18,25H,3,14,17H2,1-2H3,(H,28,31)(H,29,30)/t18-,25+/m0/s1. The minimum atomic E-state index is -0.833. The van der Waals surface area contributed by atoms with Crippen LogP contribution in [-0.4, -0.2) is 24.5 Å². The number of benzene rings is 3. The van der Waals surface area contributed by atoms with Gasteiger partial charge >= 0.3 is 0 Å². The highest BCUT2D eigenvalue weighted by Gasteiger charge is 2.25. The third-order valence-electron chi connectivity index (χ3n) is 5.54. The Morgan fingerprint density at radius 3 is 2.45 bits per heavy atom. The number of ether oxygens (including phenoxy) is 2. The Bertz CT molecular complexity index is 1120. The van der Waals surface area contributed by atoms with Crippen molar-refractivity contribution in [2.24, 2.45) is 0 Å². The van der Waals surface area contributed by atoms with Gasteiger partial charge in [-0.15, -0.1) is 0 Å². The Balaban J connectivity index is 1.53. The lowest BCUT2D eigenvalue weighted by Crippen LogP contribution is -2.40. The van der Waals surface area contributed by atoms with E-state index in [-0.39, 0.29) is 24.5 Å². The molecule has 1 heterocycles. The van der Waals surface area contributed by atoms with Crippen LogP contribution in [0.3, 0.4) is 0 Å². The lowest BCUT2D eigenvalue weighted by molar-refractivity contribution is -0.123. The molecule has 2 atom stereocenters. The first-order valence-corrected chi connectivity index (χ1v) is 11.2. The van der Waals surface area contributed by atoms with Gasteiger partial charge in [0, 0.05) is 29.7 Å². The van der Waals surface area contributed by atoms with E-state index in [4.69, 9.17) is 9.47 Å². The molecule has 3 aromatic rings. The monoisotopic (exact) mass is 444 g/mol. The number of amides is 2. The van der Waals surface area contributed by atoms with E-state index in [2.05, 4.69) is 10.6 Å². The predicted octanol–water partition coefficient (Wildman–Crippen LogP) is 4.20. The molecule has 0 bridgehead atoms. The summed E-state index contributed by atoms with van der Waals surface area (Å²) in [7, 11) is 0. The third kappa shape index (κ3) is 5.34. The highest BCUT2D eigenvalue weighted by Crippen LogP contribution is 2.35. The van der Waals surface area contributed by atoms with Crippen LogP contribution in [0, 0.1) is 0 Å². The normalized spacial score (nSPS) is 15.2. The zero-order valence-electron chi connectivity index (χ0n) is 18.8. The minimum Gasteiger partial charge on any atom is -0.494 e. The van der Waals surface area contributed by atoms with E-state index >= 15 is 0 Å². The molecule has 6 heteroatoms. The van der Waals surface area contributed by atoms with Crippen molar-refractivity contribution < 1.29 is 19.1 Å². The Morgan fingerprint density at radius 1 is 1.06 bits per heavy atom. The van der Waals surface area contributed by atoms with Crippen LogP contribution in [0.4, 0.5) is 0 Å². The van der Waals surface area contributed by atoms with Crippen LogP contribution in [0.15, 0.2) is 72.8 Å². The summed E-state index contributed by atoms with van der Waals surface area (Å²) in [6.45, 7) is 4.74. The van der Waals surface area contributed by atoms with Crippen molar-refractivity contribution in [1.29, 1.82) is 0 Å². The van der Waals surface area contributed by atoms with Crippen LogP contribution < -0.4 is 20.1 Å². The Kier molecular flexibility index (Phi) is 6.93. The second-order valence-corrected chi connectivity index (χ2v) is 8.03. The molecule has 0 saturated carbocycles. The van der Waals surface area contributed by atoms with Gasteiger partial charge in [-0.2, -0.15) is 0 Å². The van der Waals surface area contributed by atoms with E-state index in [1.807, 2.05) is 62.4 Å². The molecule has 170 valence electrons. The van der Waals surface area contributed by atoms with Gasteiger partial charge in [0.2, 0.25) is 5.91 Å². The molecule has 0 spiro atoms. The van der Waals surface area contributed by atoms with E-state index in [0.717, 1.165) is 29.0 Å². The molecule has 0 saturated heterocycles. The summed E-state index contributed by atoms with van der Waals surface area (Å²) in [6, 6.07) is 21.2. The summed E-state index contributed by atoms with van der Waals surface area (Å²) < 4.78 is 11.7. The molecule has 2 amide bonds. The number of rotatable bonds is 8. The van der Waals surface area contributed by atoms with Gasteiger partial charge < -0.3 is 20.1 Å². The fourth-order valence-corrected chi connectivity index (χ4v) is 3.94. The van der Waals surface area contributed by atoms with E-state index in [1.54, 1.807) is 24.3 Å². The van der Waals surface area contributed by atoms with Gasteiger partial charge in [-0.05, 0) is 43.7 Å². The van der Waals surface area contributed by atoms with Gasteiger partial charge in [-0.3, -0.25) is 9.59 Å². The zero-order chi connectivity index (χ0) is 23.2. The molecule has 6 nitrogen and oxygen atoms in total. The second kappa shape index (κ2) is 10.2. The molecule has 2 N–H and O–H groups in total. The average Bonchev–Trinajstić information content (AvgIpc) is 3.20. The SMILES string of the molecule is CCOc1cc2c(cc1CNC(=O)[C@H](NC(=O)c1ccccc1)c1ccccc1)O[C@@H](C)C2. The minimum absolute atomic E-state index is 0.120. The van der Waals surface area contributed by atoms with Crippen molar-refractivity contribution in [1.82, 2.24) is 10.6 Å². The summed E-state index contributed by atoms with van der Waals surface area (Å²) in [5, 5.41) is 5.83. The van der Waals surface area contributed by atoms with E-state index in [9.17, 15) is 9.59 Å². The van der Waals surface area contributed by atoms with Crippen LogP contribution >= 0.6 is 0 Å². The highest BCUT2D eigenvalue weighted by atomic mass is 16.5. The lowest BCUT2D eigenvalue weighted by atomic mass is 10.0. The average molecular weight is 445 g/mol. The first-order valence-electron chi connectivity index (χ1n) is 11.2. The molecule has 0 radical (unpaired) electrons. The molecule has 0 aromatic heterocycles. The van der Waals surface area contributed by atoms with Gasteiger partial charge in [0.1, 0.15) is 23.6 Å². The maximum atomic E-state index is 13.2. The first-order chi connectivity index (χ1) is 16.0. The van der Waals surface area contributed by atoms with Crippen LogP contribution in [0.25, 0.3) is 0 Å². The van der Waals surface area contributed by atoms with E-state index in [1.165, 1.54) is 0 Å². The van der Waals surface area contributed by atoms with Crippen LogP contribution in [0.1, 0.15) is 46.9 Å². The first kappa shape index (κ1) is 22.4. The second-order valence-electron chi connectivity index (χ2n) is 8.03. The van der Waals surface area contributed by atoms with Crippen LogP contribution in [-0.2, 0) is 17.8 Å². The number of hydrogen-bond acceptors (Lipinski definition) is 4. The third-order valence-corrected chi connectivity index (χ3v) is 5.54. The van der Waals surface area contributed by atoms with Gasteiger partial charge in [-0.1, -0.05) is 48.5 Å². The summed E-state index contributed by atoms with van der Waals surface area (Å²) in [4.78, 5) is 26.0. The van der Waals surface area contributed by atoms with Crippen molar-refractivity contribution in [2.75, 3.05) is 6.61 Å². The number of hydrogen-bond donors (Lipinski definition) is 2. The van der Waals surface area contributed by atoms with Crippen molar-refractivity contribution in [3.63, 3.8) is 0 Å². The van der Waals surface area contributed by atoms with Crippen LogP contribution in [0.5, 0.6) is 11.5 Å². The summed E-state index contributed by atoms with van der Waals surface area (Å²) in [6.07, 6.45) is 0.957. The molecular weight excluding hydrogens is 416 g/mol. The molecule has 1 aliphatic rings. The highest BCUT2D eigenvalue weighted by molar-refractivity contribution is 5.97. The molecule has 33 heavy (non-hydrogen) atoms. The molecule has 1 aliphatic heterocycles. The molecule has 0 aliphatic carbocycles. The lowest BCUT2D eigenvalue weighted by Gasteiger charge is -2.20. The summed E-state index contributed by atoms with van der Waals surface area (Å²) in [5.74, 6) is 0.947. The van der Waals surface area contributed by atoms with Crippen LogP contribution in [0.2, 0.25) is 0 Å². The van der Waals surface area contributed by atoms with E-state index in [0.29, 0.717) is 17.7 Å². The molecule has 4 rings (SSSR count). The van der Waals surface area contributed by atoms with Crippen molar-refractivity contribution in [3.05, 3.63) is 95.1 Å². The molecule has 3 aromatic carbocycles. The molecule has 0 unspecified atom stereocenters. The van der Waals surface area contributed by atoms with Crippen molar-refractivity contribution >= 4 is 11.8 Å². The summed E-state index contributed by atoms with van der Waals surface area (Å²) >= 11 is 0. The fourth-order valence-electron chi connectivity index (χ4n) is 3.94. The van der Waals surface area contributed by atoms with Gasteiger partial charge in [0.15, 0.2) is 0 Å². The predicted molar refractivity (Wildman–Crippen MR) is 126 cm³/mol. The van der Waals surface area contributed by atoms with Crippen molar-refractivity contribution in [2.45, 2.75) is 39.0 Å². The maximum absolute atomic E-state index is 13.2.